The van der Waals surface area contributed by atoms with Crippen molar-refractivity contribution in [2.45, 2.75) is 26.3 Å². The first-order valence-electron chi connectivity index (χ1n) is 6.83. The van der Waals surface area contributed by atoms with E-state index in [2.05, 4.69) is 29.1 Å². The minimum absolute atomic E-state index is 0.00336. The second-order valence-electron chi connectivity index (χ2n) is 4.95. The predicted molar refractivity (Wildman–Crippen MR) is 79.4 cm³/mol. The van der Waals surface area contributed by atoms with E-state index >= 15 is 0 Å². The molecule has 1 heterocycles. The van der Waals surface area contributed by atoms with E-state index in [1.54, 1.807) is 6.07 Å². The molecular weight excluding hydrogens is 272 g/mol. The molecule has 1 aromatic carbocycles. The maximum absolute atomic E-state index is 10.8. The van der Waals surface area contributed by atoms with E-state index < -0.39 is 4.92 Å². The molecular formula is C14H18N4O3. The van der Waals surface area contributed by atoms with Crippen molar-refractivity contribution < 1.29 is 9.66 Å². The van der Waals surface area contributed by atoms with Crippen molar-refractivity contribution in [2.75, 3.05) is 13.2 Å². The Bertz CT molecular complexity index is 631. The Kier molecular flexibility index (Phi) is 4.99. The van der Waals surface area contributed by atoms with Crippen LogP contribution in [0.2, 0.25) is 0 Å². The number of non-ortho nitro benzene ring substituents is 1. The molecule has 0 unspecified atom stereocenters. The Balaban J connectivity index is 2.08. The molecule has 0 bridgehead atoms. The number of fused-ring (bicyclic) bond motifs is 1. The normalized spacial score (nSPS) is 11.0. The van der Waals surface area contributed by atoms with Crippen molar-refractivity contribution in [3.05, 3.63) is 34.6 Å². The number of nitro groups is 1. The van der Waals surface area contributed by atoms with Crippen LogP contribution in [0, 0.1) is 10.1 Å². The third-order valence-corrected chi connectivity index (χ3v) is 2.91. The Morgan fingerprint density at radius 3 is 2.90 bits per heavy atom. The minimum Gasteiger partial charge on any atom is -0.477 e. The number of nitro benzene ring substituents is 1. The lowest BCUT2D eigenvalue weighted by Gasteiger charge is -2.09. The number of rotatable bonds is 7. The Morgan fingerprint density at radius 2 is 2.19 bits per heavy atom. The molecule has 0 aliphatic heterocycles. The summed E-state index contributed by atoms with van der Waals surface area (Å²) in [6.07, 6.45) is 2.23. The summed E-state index contributed by atoms with van der Waals surface area (Å²) in [7, 11) is 0. The molecule has 0 aliphatic rings. The second-order valence-corrected chi connectivity index (χ2v) is 4.95. The van der Waals surface area contributed by atoms with Crippen LogP contribution in [0.25, 0.3) is 10.9 Å². The van der Waals surface area contributed by atoms with Gasteiger partial charge in [0.15, 0.2) is 0 Å². The number of hydrogen-bond acceptors (Lipinski definition) is 6. The largest absolute Gasteiger partial charge is 0.477 e. The van der Waals surface area contributed by atoms with Gasteiger partial charge < -0.3 is 10.1 Å². The zero-order chi connectivity index (χ0) is 15.2. The molecule has 2 aromatic rings. The minimum atomic E-state index is -0.442. The lowest BCUT2D eigenvalue weighted by molar-refractivity contribution is -0.384. The molecule has 7 nitrogen and oxygen atoms in total. The highest BCUT2D eigenvalue weighted by Crippen LogP contribution is 2.25. The van der Waals surface area contributed by atoms with E-state index in [0.717, 1.165) is 13.0 Å². The second kappa shape index (κ2) is 6.94. The predicted octanol–water partition coefficient (Wildman–Crippen LogP) is 2.30. The molecule has 7 heteroatoms. The van der Waals surface area contributed by atoms with Gasteiger partial charge in [-0.15, -0.1) is 0 Å². The quantitative estimate of drug-likeness (QED) is 0.478. The first-order chi connectivity index (χ1) is 10.1. The Labute approximate surface area is 122 Å². The molecule has 2 rings (SSSR count). The third-order valence-electron chi connectivity index (χ3n) is 2.91. The summed E-state index contributed by atoms with van der Waals surface area (Å²) in [6, 6.07) is 4.90. The highest BCUT2D eigenvalue weighted by atomic mass is 16.6. The van der Waals surface area contributed by atoms with Gasteiger partial charge in [-0.2, -0.15) is 0 Å². The first kappa shape index (κ1) is 15.1. The van der Waals surface area contributed by atoms with Gasteiger partial charge in [0.2, 0.25) is 5.88 Å². The van der Waals surface area contributed by atoms with Crippen LogP contribution < -0.4 is 10.1 Å². The molecule has 0 spiro atoms. The standard InChI is InChI=1S/C14H18N4O3/c1-10(2)15-6-3-7-21-14-12-8-11(18(19)20)4-5-13(12)16-9-17-14/h4-5,8-10,15H,3,6-7H2,1-2H3. The molecule has 0 saturated carbocycles. The van der Waals surface area contributed by atoms with Crippen LogP contribution in [0.5, 0.6) is 5.88 Å². The van der Waals surface area contributed by atoms with E-state index in [0.29, 0.717) is 29.4 Å². The highest BCUT2D eigenvalue weighted by Gasteiger charge is 2.11. The van der Waals surface area contributed by atoms with Gasteiger partial charge in [0.05, 0.1) is 22.4 Å². The van der Waals surface area contributed by atoms with Crippen LogP contribution in [0.4, 0.5) is 5.69 Å². The molecule has 0 radical (unpaired) electrons. The number of nitrogens with one attached hydrogen (secondary N) is 1. The number of ether oxygens (including phenoxy) is 1. The monoisotopic (exact) mass is 290 g/mol. The van der Waals surface area contributed by atoms with Gasteiger partial charge in [-0.1, -0.05) is 13.8 Å². The zero-order valence-corrected chi connectivity index (χ0v) is 12.1. The van der Waals surface area contributed by atoms with Crippen LogP contribution in [-0.2, 0) is 0 Å². The van der Waals surface area contributed by atoms with Crippen LogP contribution >= 0.6 is 0 Å². The van der Waals surface area contributed by atoms with Gasteiger partial charge >= 0.3 is 0 Å². The summed E-state index contributed by atoms with van der Waals surface area (Å²) in [5.41, 5.74) is 0.634. The lowest BCUT2D eigenvalue weighted by Crippen LogP contribution is -2.24. The molecule has 0 amide bonds. The van der Waals surface area contributed by atoms with E-state index in [-0.39, 0.29) is 5.69 Å². The number of benzene rings is 1. The maximum atomic E-state index is 10.8. The fourth-order valence-electron chi connectivity index (χ4n) is 1.88. The summed E-state index contributed by atoms with van der Waals surface area (Å²) < 4.78 is 5.62. The smallest absolute Gasteiger partial charge is 0.270 e. The summed E-state index contributed by atoms with van der Waals surface area (Å²) in [5.74, 6) is 0.383. The van der Waals surface area contributed by atoms with Gasteiger partial charge in [0, 0.05) is 18.2 Å². The van der Waals surface area contributed by atoms with E-state index in [4.69, 9.17) is 4.74 Å². The van der Waals surface area contributed by atoms with Crippen molar-refractivity contribution in [1.82, 2.24) is 15.3 Å². The number of aromatic nitrogens is 2. The average molecular weight is 290 g/mol. The summed E-state index contributed by atoms with van der Waals surface area (Å²) in [5, 5.41) is 14.7. The molecule has 112 valence electrons. The fourth-order valence-corrected chi connectivity index (χ4v) is 1.88. The third kappa shape index (κ3) is 4.09. The molecule has 0 atom stereocenters. The molecule has 1 N–H and O–H groups in total. The topological polar surface area (TPSA) is 90.2 Å². The SMILES string of the molecule is CC(C)NCCCOc1ncnc2ccc([N+](=O)[O-])cc12. The number of nitrogens with zero attached hydrogens (tertiary/aromatic N) is 3. The molecule has 0 fully saturated rings. The number of hydrogen-bond donors (Lipinski definition) is 1. The van der Waals surface area contributed by atoms with Gasteiger partial charge in [-0.25, -0.2) is 9.97 Å². The first-order valence-corrected chi connectivity index (χ1v) is 6.83. The average Bonchev–Trinajstić information content (AvgIpc) is 2.46. The Morgan fingerprint density at radius 1 is 1.38 bits per heavy atom. The van der Waals surface area contributed by atoms with Gasteiger partial charge in [-0.05, 0) is 19.0 Å². The summed E-state index contributed by atoms with van der Waals surface area (Å²) >= 11 is 0. The lowest BCUT2D eigenvalue weighted by atomic mass is 10.2. The molecule has 1 aromatic heterocycles. The Hall–Kier alpha value is -2.28. The van der Waals surface area contributed by atoms with Crippen molar-refractivity contribution >= 4 is 16.6 Å². The highest BCUT2D eigenvalue weighted by molar-refractivity contribution is 5.85. The fraction of sp³-hybridized carbons (Fsp3) is 0.429. The maximum Gasteiger partial charge on any atom is 0.270 e. The van der Waals surface area contributed by atoms with Crippen molar-refractivity contribution in [3.8, 4) is 5.88 Å². The van der Waals surface area contributed by atoms with Crippen molar-refractivity contribution in [1.29, 1.82) is 0 Å². The van der Waals surface area contributed by atoms with E-state index in [9.17, 15) is 10.1 Å². The van der Waals surface area contributed by atoms with Gasteiger partial charge in [-0.3, -0.25) is 10.1 Å². The van der Waals surface area contributed by atoms with Crippen molar-refractivity contribution in [3.63, 3.8) is 0 Å². The van der Waals surface area contributed by atoms with Crippen molar-refractivity contribution in [2.24, 2.45) is 0 Å². The van der Waals surface area contributed by atoms with Crippen LogP contribution in [0.3, 0.4) is 0 Å². The molecule has 21 heavy (non-hydrogen) atoms. The van der Waals surface area contributed by atoms with E-state index in [1.165, 1.54) is 18.5 Å². The summed E-state index contributed by atoms with van der Waals surface area (Å²) in [4.78, 5) is 18.5. The van der Waals surface area contributed by atoms with Gasteiger partial charge in [0.1, 0.15) is 6.33 Å². The van der Waals surface area contributed by atoms with Gasteiger partial charge in [0.25, 0.3) is 5.69 Å². The summed E-state index contributed by atoms with van der Waals surface area (Å²) in [6.45, 7) is 5.51. The molecule has 0 saturated heterocycles. The van der Waals surface area contributed by atoms with Crippen LogP contribution in [0.15, 0.2) is 24.5 Å². The van der Waals surface area contributed by atoms with Crippen LogP contribution in [0.1, 0.15) is 20.3 Å². The van der Waals surface area contributed by atoms with E-state index in [1.807, 2.05) is 0 Å². The zero-order valence-electron chi connectivity index (χ0n) is 12.1. The molecule has 0 aliphatic carbocycles. The van der Waals surface area contributed by atoms with Crippen LogP contribution in [-0.4, -0.2) is 34.1 Å².